The lowest BCUT2D eigenvalue weighted by molar-refractivity contribution is -0.0233. The van der Waals surface area contributed by atoms with Crippen LogP contribution in [0.15, 0.2) is 24.3 Å². The van der Waals surface area contributed by atoms with Crippen molar-refractivity contribution >= 4 is 0 Å². The molecule has 92 valence electrons. The number of benzene rings is 1. The van der Waals surface area contributed by atoms with Crippen LogP contribution in [0.1, 0.15) is 12.5 Å². The summed E-state index contributed by atoms with van der Waals surface area (Å²) < 4.78 is 25.3. The number of halogens is 1. The minimum absolute atomic E-state index is 0.138. The first-order chi connectivity index (χ1) is 8.24. The zero-order valence-corrected chi connectivity index (χ0v) is 9.99. The van der Waals surface area contributed by atoms with Gasteiger partial charge in [-0.1, -0.05) is 25.1 Å². The van der Waals surface area contributed by atoms with Gasteiger partial charge in [-0.15, -0.1) is 0 Å². The van der Waals surface area contributed by atoms with E-state index in [0.29, 0.717) is 25.0 Å². The lowest BCUT2D eigenvalue weighted by Crippen LogP contribution is -2.48. The molecule has 0 spiro atoms. The van der Waals surface area contributed by atoms with Gasteiger partial charge in [0.15, 0.2) is 0 Å². The first-order valence-corrected chi connectivity index (χ1v) is 6.14. The van der Waals surface area contributed by atoms with Gasteiger partial charge in [0.25, 0.3) is 0 Å². The largest absolute Gasteiger partial charge is 0.380 e. The van der Waals surface area contributed by atoms with E-state index in [1.807, 2.05) is 12.1 Å². The number of hydrogen-bond acceptors (Lipinski definition) is 2. The molecular formula is C14H17FO2. The van der Waals surface area contributed by atoms with Crippen LogP contribution in [-0.2, 0) is 14.9 Å². The van der Waals surface area contributed by atoms with Crippen LogP contribution in [0.3, 0.4) is 0 Å². The minimum Gasteiger partial charge on any atom is -0.380 e. The SMILES string of the molecule is CC1COC[C@]2(c3ccccc3F)COC[C@H]12. The van der Waals surface area contributed by atoms with Crippen LogP contribution in [0.4, 0.5) is 4.39 Å². The Bertz CT molecular complexity index is 420. The van der Waals surface area contributed by atoms with E-state index in [9.17, 15) is 4.39 Å². The Balaban J connectivity index is 2.07. The minimum atomic E-state index is -0.275. The van der Waals surface area contributed by atoms with Crippen LogP contribution in [0.25, 0.3) is 0 Å². The van der Waals surface area contributed by atoms with Gasteiger partial charge in [0.1, 0.15) is 5.82 Å². The molecule has 0 amide bonds. The van der Waals surface area contributed by atoms with E-state index in [4.69, 9.17) is 9.47 Å². The maximum absolute atomic E-state index is 14.0. The van der Waals surface area contributed by atoms with Gasteiger partial charge in [-0.05, 0) is 17.5 Å². The first-order valence-electron chi connectivity index (χ1n) is 6.14. The highest BCUT2D eigenvalue weighted by Gasteiger charge is 2.51. The van der Waals surface area contributed by atoms with Crippen molar-refractivity contribution in [3.8, 4) is 0 Å². The van der Waals surface area contributed by atoms with Crippen molar-refractivity contribution in [1.29, 1.82) is 0 Å². The summed E-state index contributed by atoms with van der Waals surface area (Å²) in [5, 5.41) is 0. The molecule has 2 aliphatic rings. The zero-order valence-electron chi connectivity index (χ0n) is 9.99. The second-order valence-corrected chi connectivity index (χ2v) is 5.25. The van der Waals surface area contributed by atoms with Crippen molar-refractivity contribution in [2.24, 2.45) is 11.8 Å². The predicted molar refractivity (Wildman–Crippen MR) is 62.4 cm³/mol. The highest BCUT2D eigenvalue weighted by atomic mass is 19.1. The molecule has 1 unspecified atom stereocenters. The van der Waals surface area contributed by atoms with Crippen LogP contribution in [0.5, 0.6) is 0 Å². The average Bonchev–Trinajstić information content (AvgIpc) is 2.76. The quantitative estimate of drug-likeness (QED) is 0.745. The van der Waals surface area contributed by atoms with Gasteiger partial charge in [0, 0.05) is 12.5 Å². The van der Waals surface area contributed by atoms with Crippen LogP contribution in [0, 0.1) is 17.7 Å². The second kappa shape index (κ2) is 4.07. The van der Waals surface area contributed by atoms with Crippen LogP contribution >= 0.6 is 0 Å². The zero-order chi connectivity index (χ0) is 11.9. The molecule has 0 bridgehead atoms. The Morgan fingerprint density at radius 2 is 1.88 bits per heavy atom. The lowest BCUT2D eigenvalue weighted by atomic mass is 9.67. The van der Waals surface area contributed by atoms with Crippen molar-refractivity contribution in [3.63, 3.8) is 0 Å². The van der Waals surface area contributed by atoms with E-state index < -0.39 is 0 Å². The molecule has 2 heterocycles. The number of fused-ring (bicyclic) bond motifs is 1. The van der Waals surface area contributed by atoms with Gasteiger partial charge in [-0.3, -0.25) is 0 Å². The molecule has 0 radical (unpaired) electrons. The molecule has 3 heteroatoms. The highest BCUT2D eigenvalue weighted by molar-refractivity contribution is 5.31. The van der Waals surface area contributed by atoms with Gasteiger partial charge in [0.2, 0.25) is 0 Å². The van der Waals surface area contributed by atoms with Crippen molar-refractivity contribution in [1.82, 2.24) is 0 Å². The maximum atomic E-state index is 14.0. The molecule has 1 aromatic carbocycles. The highest BCUT2D eigenvalue weighted by Crippen LogP contribution is 2.45. The summed E-state index contributed by atoms with van der Waals surface area (Å²) in [6.45, 7) is 4.78. The van der Waals surface area contributed by atoms with Crippen LogP contribution < -0.4 is 0 Å². The summed E-state index contributed by atoms with van der Waals surface area (Å²) in [4.78, 5) is 0. The monoisotopic (exact) mass is 236 g/mol. The first kappa shape index (κ1) is 11.2. The number of rotatable bonds is 1. The molecule has 2 saturated heterocycles. The van der Waals surface area contributed by atoms with E-state index in [1.165, 1.54) is 6.07 Å². The standard InChI is InChI=1S/C14H17FO2/c1-10-6-16-8-14(9-17-7-12(10)14)11-4-2-3-5-13(11)15/h2-5,10,12H,6-9H2,1H3/t10?,12-,14-/m1/s1. The van der Waals surface area contributed by atoms with E-state index in [1.54, 1.807) is 6.07 Å². The Morgan fingerprint density at radius 1 is 1.18 bits per heavy atom. The third kappa shape index (κ3) is 1.60. The fraction of sp³-hybridized carbons (Fsp3) is 0.571. The Morgan fingerprint density at radius 3 is 2.65 bits per heavy atom. The van der Waals surface area contributed by atoms with Crippen molar-refractivity contribution < 1.29 is 13.9 Å². The fourth-order valence-electron chi connectivity index (χ4n) is 3.26. The van der Waals surface area contributed by atoms with Crippen molar-refractivity contribution in [2.45, 2.75) is 12.3 Å². The normalized spacial score (nSPS) is 36.8. The number of ether oxygens (including phenoxy) is 2. The van der Waals surface area contributed by atoms with Gasteiger partial charge in [-0.25, -0.2) is 4.39 Å². The smallest absolute Gasteiger partial charge is 0.127 e. The summed E-state index contributed by atoms with van der Waals surface area (Å²) in [5.41, 5.74) is 0.484. The molecule has 3 rings (SSSR count). The number of hydrogen-bond donors (Lipinski definition) is 0. The Hall–Kier alpha value is -0.930. The molecule has 2 nitrogen and oxygen atoms in total. The van der Waals surface area contributed by atoms with Crippen LogP contribution in [0.2, 0.25) is 0 Å². The summed E-state index contributed by atoms with van der Waals surface area (Å²) in [6.07, 6.45) is 0. The molecular weight excluding hydrogens is 219 g/mol. The van der Waals surface area contributed by atoms with Gasteiger partial charge in [0.05, 0.1) is 25.2 Å². The molecule has 2 aliphatic heterocycles. The van der Waals surface area contributed by atoms with E-state index in [2.05, 4.69) is 6.92 Å². The van der Waals surface area contributed by atoms with Gasteiger partial charge < -0.3 is 9.47 Å². The van der Waals surface area contributed by atoms with Crippen molar-refractivity contribution in [2.75, 3.05) is 26.4 Å². The second-order valence-electron chi connectivity index (χ2n) is 5.25. The summed E-state index contributed by atoms with van der Waals surface area (Å²) in [5.74, 6) is 0.653. The Kier molecular flexibility index (Phi) is 2.68. The van der Waals surface area contributed by atoms with E-state index in [0.717, 1.165) is 18.8 Å². The molecule has 2 fully saturated rings. The maximum Gasteiger partial charge on any atom is 0.127 e. The molecule has 1 aromatic rings. The molecule has 0 aromatic heterocycles. The van der Waals surface area contributed by atoms with Crippen molar-refractivity contribution in [3.05, 3.63) is 35.6 Å². The molecule has 0 aliphatic carbocycles. The van der Waals surface area contributed by atoms with Crippen LogP contribution in [-0.4, -0.2) is 26.4 Å². The van der Waals surface area contributed by atoms with E-state index in [-0.39, 0.29) is 11.2 Å². The van der Waals surface area contributed by atoms with E-state index >= 15 is 0 Å². The molecule has 0 N–H and O–H groups in total. The summed E-state index contributed by atoms with van der Waals surface area (Å²) >= 11 is 0. The fourth-order valence-corrected chi connectivity index (χ4v) is 3.26. The topological polar surface area (TPSA) is 18.5 Å². The average molecular weight is 236 g/mol. The Labute approximate surface area is 101 Å². The summed E-state index contributed by atoms with van der Waals surface area (Å²) in [7, 11) is 0. The third-order valence-corrected chi connectivity index (χ3v) is 4.20. The predicted octanol–water partition coefficient (Wildman–Crippen LogP) is 2.38. The summed E-state index contributed by atoms with van der Waals surface area (Å²) in [6, 6.07) is 7.02. The third-order valence-electron chi connectivity index (χ3n) is 4.20. The van der Waals surface area contributed by atoms with Gasteiger partial charge in [-0.2, -0.15) is 0 Å². The molecule has 0 saturated carbocycles. The van der Waals surface area contributed by atoms with Gasteiger partial charge >= 0.3 is 0 Å². The molecule has 17 heavy (non-hydrogen) atoms. The lowest BCUT2D eigenvalue weighted by Gasteiger charge is -2.41. The molecule has 3 atom stereocenters.